The smallest absolute Gasteiger partial charge is 0.257 e. The van der Waals surface area contributed by atoms with Crippen LogP contribution in [0.25, 0.3) is 0 Å². The minimum absolute atomic E-state index is 0.0629. The molecule has 2 fully saturated rings. The van der Waals surface area contributed by atoms with Crippen LogP contribution in [0.3, 0.4) is 0 Å². The van der Waals surface area contributed by atoms with Crippen LogP contribution in [-0.2, 0) is 4.79 Å². The number of benzene rings is 2. The number of hydrogen-bond acceptors (Lipinski definition) is 6. The van der Waals surface area contributed by atoms with Crippen molar-refractivity contribution < 1.29 is 19.1 Å². The van der Waals surface area contributed by atoms with E-state index in [0.717, 1.165) is 11.3 Å². The highest BCUT2D eigenvalue weighted by Crippen LogP contribution is 2.25. The Bertz CT molecular complexity index is 925. The lowest BCUT2D eigenvalue weighted by molar-refractivity contribution is -0.134. The maximum atomic E-state index is 13.0. The molecular weight excluding hydrogens is 396 g/mol. The quantitative estimate of drug-likeness (QED) is 0.759. The number of hydrogen-bond donors (Lipinski definition) is 2. The van der Waals surface area contributed by atoms with Crippen LogP contribution in [0.1, 0.15) is 28.4 Å². The monoisotopic (exact) mass is 424 g/mol. The number of piperazine rings is 1. The van der Waals surface area contributed by atoms with Crippen LogP contribution in [-0.4, -0.2) is 68.1 Å². The van der Waals surface area contributed by atoms with Gasteiger partial charge in [0.15, 0.2) is 0 Å². The third-order valence-corrected chi connectivity index (χ3v) is 5.94. The van der Waals surface area contributed by atoms with Crippen LogP contribution in [0.5, 0.6) is 11.5 Å². The summed E-state index contributed by atoms with van der Waals surface area (Å²) in [5.74, 6) is 1.37. The standard InChI is InChI=1S/C23H28N4O4/c1-30-17-9-7-16(8-10-17)19-15-20(25-24-19)23(29)27-13-11-26(12-14-27)22(28)18-5-3-4-6-21(18)31-2/h3-10,19-20,24-25H,11-15H2,1-2H3. The normalized spacial score (nSPS) is 21.1. The highest BCUT2D eigenvalue weighted by atomic mass is 16.5. The van der Waals surface area contributed by atoms with E-state index in [2.05, 4.69) is 10.9 Å². The van der Waals surface area contributed by atoms with Crippen molar-refractivity contribution in [2.24, 2.45) is 0 Å². The summed E-state index contributed by atoms with van der Waals surface area (Å²) >= 11 is 0. The average molecular weight is 425 g/mol. The third-order valence-electron chi connectivity index (χ3n) is 5.94. The number of hydrazine groups is 1. The van der Waals surface area contributed by atoms with Gasteiger partial charge in [-0.25, -0.2) is 10.9 Å². The molecule has 2 unspecified atom stereocenters. The molecule has 0 radical (unpaired) electrons. The molecule has 2 heterocycles. The van der Waals surface area contributed by atoms with Gasteiger partial charge in [0, 0.05) is 32.2 Å². The molecular formula is C23H28N4O4. The van der Waals surface area contributed by atoms with Crippen molar-refractivity contribution in [3.05, 3.63) is 59.7 Å². The Hall–Kier alpha value is -3.10. The first-order chi connectivity index (χ1) is 15.1. The number of carbonyl (C=O) groups is 2. The van der Waals surface area contributed by atoms with Gasteiger partial charge >= 0.3 is 0 Å². The van der Waals surface area contributed by atoms with Crippen LogP contribution < -0.4 is 20.3 Å². The molecule has 2 N–H and O–H groups in total. The van der Waals surface area contributed by atoms with Gasteiger partial charge in [0.2, 0.25) is 5.91 Å². The van der Waals surface area contributed by atoms with Crippen molar-refractivity contribution in [3.8, 4) is 11.5 Å². The van der Waals surface area contributed by atoms with Gasteiger partial charge in [-0.15, -0.1) is 0 Å². The Morgan fingerprint density at radius 3 is 2.23 bits per heavy atom. The number of nitrogens with zero attached hydrogens (tertiary/aromatic N) is 2. The molecule has 0 spiro atoms. The molecule has 0 aromatic heterocycles. The minimum Gasteiger partial charge on any atom is -0.497 e. The van der Waals surface area contributed by atoms with Crippen molar-refractivity contribution in [3.63, 3.8) is 0 Å². The van der Waals surface area contributed by atoms with Crippen molar-refractivity contribution in [2.75, 3.05) is 40.4 Å². The molecule has 0 saturated carbocycles. The van der Waals surface area contributed by atoms with E-state index in [1.807, 2.05) is 41.3 Å². The van der Waals surface area contributed by atoms with Gasteiger partial charge in [-0.1, -0.05) is 24.3 Å². The van der Waals surface area contributed by atoms with E-state index in [0.29, 0.717) is 43.9 Å². The molecule has 2 aliphatic rings. The first-order valence-electron chi connectivity index (χ1n) is 10.5. The number of carbonyl (C=O) groups excluding carboxylic acids is 2. The molecule has 2 amide bonds. The predicted octanol–water partition coefficient (Wildman–Crippen LogP) is 1.60. The van der Waals surface area contributed by atoms with Crippen LogP contribution in [0.2, 0.25) is 0 Å². The van der Waals surface area contributed by atoms with Crippen molar-refractivity contribution >= 4 is 11.8 Å². The van der Waals surface area contributed by atoms with Crippen molar-refractivity contribution in [1.29, 1.82) is 0 Å². The molecule has 4 rings (SSSR count). The van der Waals surface area contributed by atoms with Gasteiger partial charge in [0.25, 0.3) is 5.91 Å². The van der Waals surface area contributed by atoms with Gasteiger partial charge in [-0.05, 0) is 36.2 Å². The summed E-state index contributed by atoms with van der Waals surface area (Å²) in [6.45, 7) is 2.05. The van der Waals surface area contributed by atoms with E-state index >= 15 is 0 Å². The van der Waals surface area contributed by atoms with E-state index in [1.165, 1.54) is 0 Å². The zero-order valence-corrected chi connectivity index (χ0v) is 17.8. The van der Waals surface area contributed by atoms with Gasteiger partial charge < -0.3 is 19.3 Å². The highest BCUT2D eigenvalue weighted by Gasteiger charge is 2.35. The number of rotatable bonds is 5. The van der Waals surface area contributed by atoms with Crippen LogP contribution >= 0.6 is 0 Å². The third kappa shape index (κ3) is 4.50. The summed E-state index contributed by atoms with van der Waals surface area (Å²) in [6.07, 6.45) is 0.672. The Balaban J connectivity index is 1.31. The molecule has 0 bridgehead atoms. The summed E-state index contributed by atoms with van der Waals surface area (Å²) in [5, 5.41) is 0. The van der Waals surface area contributed by atoms with E-state index in [1.54, 1.807) is 31.3 Å². The molecule has 2 saturated heterocycles. The minimum atomic E-state index is -0.288. The van der Waals surface area contributed by atoms with Gasteiger partial charge in [-0.2, -0.15) is 0 Å². The first kappa shape index (κ1) is 21.1. The summed E-state index contributed by atoms with van der Waals surface area (Å²) in [4.78, 5) is 29.5. The molecule has 8 nitrogen and oxygen atoms in total. The first-order valence-corrected chi connectivity index (χ1v) is 10.5. The summed E-state index contributed by atoms with van der Waals surface area (Å²) in [5.41, 5.74) is 8.02. The number of amides is 2. The zero-order chi connectivity index (χ0) is 21.8. The topological polar surface area (TPSA) is 83.1 Å². The second kappa shape index (κ2) is 9.36. The number of para-hydroxylation sites is 1. The molecule has 164 valence electrons. The van der Waals surface area contributed by atoms with E-state index in [-0.39, 0.29) is 23.9 Å². The van der Waals surface area contributed by atoms with Crippen LogP contribution in [0.15, 0.2) is 48.5 Å². The summed E-state index contributed by atoms with van der Waals surface area (Å²) in [6, 6.07) is 14.9. The fourth-order valence-corrected chi connectivity index (χ4v) is 4.11. The molecule has 2 aromatic rings. The Morgan fingerprint density at radius 1 is 0.871 bits per heavy atom. The molecule has 2 aliphatic heterocycles. The van der Waals surface area contributed by atoms with Crippen LogP contribution in [0.4, 0.5) is 0 Å². The average Bonchev–Trinajstić information content (AvgIpc) is 3.33. The second-order valence-electron chi connectivity index (χ2n) is 7.72. The molecule has 2 atom stereocenters. The fraction of sp³-hybridized carbons (Fsp3) is 0.391. The SMILES string of the molecule is COc1ccc(C2CC(C(=O)N3CCN(C(=O)c4ccccc4OC)CC3)NN2)cc1. The van der Waals surface area contributed by atoms with Crippen molar-refractivity contribution in [1.82, 2.24) is 20.7 Å². The lowest BCUT2D eigenvalue weighted by Gasteiger charge is -2.36. The summed E-state index contributed by atoms with van der Waals surface area (Å²) in [7, 11) is 3.20. The number of methoxy groups -OCH3 is 2. The molecule has 31 heavy (non-hydrogen) atoms. The van der Waals surface area contributed by atoms with Crippen LogP contribution in [0, 0.1) is 0 Å². The lowest BCUT2D eigenvalue weighted by atomic mass is 10.0. The molecule has 8 heteroatoms. The zero-order valence-electron chi connectivity index (χ0n) is 17.8. The number of nitrogens with one attached hydrogen (secondary N) is 2. The number of ether oxygens (including phenoxy) is 2. The second-order valence-corrected chi connectivity index (χ2v) is 7.72. The van der Waals surface area contributed by atoms with Gasteiger partial charge in [-0.3, -0.25) is 9.59 Å². The van der Waals surface area contributed by atoms with Gasteiger partial charge in [0.05, 0.1) is 19.8 Å². The maximum absolute atomic E-state index is 13.0. The largest absolute Gasteiger partial charge is 0.497 e. The van der Waals surface area contributed by atoms with Crippen molar-refractivity contribution in [2.45, 2.75) is 18.5 Å². The van der Waals surface area contributed by atoms with Gasteiger partial charge in [0.1, 0.15) is 17.5 Å². The van der Waals surface area contributed by atoms with E-state index < -0.39 is 0 Å². The Kier molecular flexibility index (Phi) is 6.39. The maximum Gasteiger partial charge on any atom is 0.257 e. The van der Waals surface area contributed by atoms with E-state index in [9.17, 15) is 9.59 Å². The van der Waals surface area contributed by atoms with E-state index in [4.69, 9.17) is 9.47 Å². The summed E-state index contributed by atoms with van der Waals surface area (Å²) < 4.78 is 10.5. The fourth-order valence-electron chi connectivity index (χ4n) is 4.11. The Labute approximate surface area is 182 Å². The predicted molar refractivity (Wildman–Crippen MR) is 116 cm³/mol. The Morgan fingerprint density at radius 2 is 1.55 bits per heavy atom. The molecule has 2 aromatic carbocycles. The molecule has 0 aliphatic carbocycles. The lowest BCUT2D eigenvalue weighted by Crippen LogP contribution is -2.54. The highest BCUT2D eigenvalue weighted by molar-refractivity contribution is 5.97.